The summed E-state index contributed by atoms with van der Waals surface area (Å²) in [5.41, 5.74) is 9.56. The van der Waals surface area contributed by atoms with Gasteiger partial charge in [0.1, 0.15) is 0 Å². The van der Waals surface area contributed by atoms with Gasteiger partial charge in [0.05, 0.1) is 0 Å². The van der Waals surface area contributed by atoms with Crippen molar-refractivity contribution in [2.24, 2.45) is 5.92 Å². The Morgan fingerprint density at radius 2 is 2.11 bits per heavy atom. The average Bonchev–Trinajstić information content (AvgIpc) is 2.37. The second-order valence-electron chi connectivity index (χ2n) is 5.76. The van der Waals surface area contributed by atoms with Gasteiger partial charge in [0, 0.05) is 24.8 Å². The fourth-order valence-electron chi connectivity index (χ4n) is 2.91. The van der Waals surface area contributed by atoms with Crippen LogP contribution in [-0.2, 0) is 6.54 Å². The van der Waals surface area contributed by atoms with Gasteiger partial charge in [0.15, 0.2) is 0 Å². The summed E-state index contributed by atoms with van der Waals surface area (Å²) >= 11 is 0. The monoisotopic (exact) mass is 246 g/mol. The lowest BCUT2D eigenvalue weighted by Crippen LogP contribution is -2.41. The van der Waals surface area contributed by atoms with Gasteiger partial charge in [-0.1, -0.05) is 25.5 Å². The predicted molar refractivity (Wildman–Crippen MR) is 78.5 cm³/mol. The Labute approximate surface area is 111 Å². The molecule has 1 aliphatic rings. The van der Waals surface area contributed by atoms with Gasteiger partial charge in [-0.15, -0.1) is 0 Å². The lowest BCUT2D eigenvalue weighted by Gasteiger charge is -2.38. The normalized spacial score (nSPS) is 25.3. The van der Waals surface area contributed by atoms with E-state index in [2.05, 4.69) is 37.8 Å². The maximum Gasteiger partial charge on any atom is 0.0346 e. The molecule has 2 unspecified atom stereocenters. The number of rotatable bonds is 3. The number of nitrogens with two attached hydrogens (primary N) is 1. The second kappa shape index (κ2) is 5.75. The molecule has 0 aliphatic carbocycles. The smallest absolute Gasteiger partial charge is 0.0346 e. The Kier molecular flexibility index (Phi) is 4.28. The third-order valence-corrected chi connectivity index (χ3v) is 4.55. The molecule has 0 amide bonds. The molecule has 1 aromatic rings. The Balaban J connectivity index is 2.09. The summed E-state index contributed by atoms with van der Waals surface area (Å²) in [6, 6.07) is 6.99. The zero-order chi connectivity index (χ0) is 13.1. The zero-order valence-electron chi connectivity index (χ0n) is 11.9. The van der Waals surface area contributed by atoms with E-state index in [1.54, 1.807) is 0 Å². The molecular formula is C16H26N2. The van der Waals surface area contributed by atoms with Crippen LogP contribution in [0.3, 0.4) is 0 Å². The van der Waals surface area contributed by atoms with Crippen LogP contribution < -0.4 is 5.73 Å². The third-order valence-electron chi connectivity index (χ3n) is 4.55. The molecule has 2 rings (SSSR count). The minimum atomic E-state index is 0.702. The average molecular weight is 246 g/mol. The third kappa shape index (κ3) is 2.86. The minimum Gasteiger partial charge on any atom is -0.399 e. The van der Waals surface area contributed by atoms with Crippen LogP contribution in [0.2, 0.25) is 0 Å². The van der Waals surface area contributed by atoms with Crippen molar-refractivity contribution in [3.8, 4) is 0 Å². The standard InChI is InChI=1S/C16H26N2/c1-4-14-9-8-12(2)18(10-14)11-15-6-5-7-16(17)13(15)3/h5-7,12,14H,4,8-11,17H2,1-3H3. The van der Waals surface area contributed by atoms with E-state index < -0.39 is 0 Å². The summed E-state index contributed by atoms with van der Waals surface area (Å²) < 4.78 is 0. The van der Waals surface area contributed by atoms with E-state index in [1.165, 1.54) is 36.9 Å². The number of hydrogen-bond acceptors (Lipinski definition) is 2. The van der Waals surface area contributed by atoms with Crippen molar-refractivity contribution in [2.75, 3.05) is 12.3 Å². The van der Waals surface area contributed by atoms with Gasteiger partial charge in [0.25, 0.3) is 0 Å². The number of anilines is 1. The van der Waals surface area contributed by atoms with Gasteiger partial charge in [-0.25, -0.2) is 0 Å². The second-order valence-corrected chi connectivity index (χ2v) is 5.76. The van der Waals surface area contributed by atoms with E-state index in [0.717, 1.165) is 18.2 Å². The Morgan fingerprint density at radius 3 is 2.83 bits per heavy atom. The van der Waals surface area contributed by atoms with Gasteiger partial charge in [0.2, 0.25) is 0 Å². The molecule has 2 N–H and O–H groups in total. The van der Waals surface area contributed by atoms with Crippen LogP contribution >= 0.6 is 0 Å². The molecule has 1 fully saturated rings. The van der Waals surface area contributed by atoms with Crippen molar-refractivity contribution in [1.29, 1.82) is 0 Å². The van der Waals surface area contributed by atoms with E-state index in [4.69, 9.17) is 5.73 Å². The van der Waals surface area contributed by atoms with Crippen LogP contribution in [0.5, 0.6) is 0 Å². The summed E-state index contributed by atoms with van der Waals surface area (Å²) in [5.74, 6) is 0.877. The molecule has 1 aliphatic heterocycles. The first-order valence-electron chi connectivity index (χ1n) is 7.19. The summed E-state index contributed by atoms with van der Waals surface area (Å²) in [7, 11) is 0. The van der Waals surface area contributed by atoms with Gasteiger partial charge in [-0.2, -0.15) is 0 Å². The van der Waals surface area contributed by atoms with Gasteiger partial charge < -0.3 is 5.73 Å². The summed E-state index contributed by atoms with van der Waals surface area (Å²) in [6.45, 7) is 9.09. The maximum absolute atomic E-state index is 6.00. The molecule has 0 aromatic heterocycles. The van der Waals surface area contributed by atoms with Crippen LogP contribution in [-0.4, -0.2) is 17.5 Å². The van der Waals surface area contributed by atoms with Crippen molar-refractivity contribution in [3.05, 3.63) is 29.3 Å². The maximum atomic E-state index is 6.00. The summed E-state index contributed by atoms with van der Waals surface area (Å²) in [6.07, 6.45) is 4.03. The van der Waals surface area contributed by atoms with Crippen LogP contribution in [0.25, 0.3) is 0 Å². The number of nitrogen functional groups attached to an aromatic ring is 1. The first-order chi connectivity index (χ1) is 8.61. The van der Waals surface area contributed by atoms with Crippen LogP contribution in [0.4, 0.5) is 5.69 Å². The molecule has 0 saturated carbocycles. The molecule has 0 bridgehead atoms. The Hall–Kier alpha value is -1.02. The summed E-state index contributed by atoms with van der Waals surface area (Å²) in [5, 5.41) is 0. The number of piperidine rings is 1. The van der Waals surface area contributed by atoms with Crippen molar-refractivity contribution in [2.45, 2.75) is 52.6 Å². The van der Waals surface area contributed by atoms with Crippen LogP contribution in [0.1, 0.15) is 44.2 Å². The van der Waals surface area contributed by atoms with Crippen molar-refractivity contribution in [1.82, 2.24) is 4.90 Å². The fourth-order valence-corrected chi connectivity index (χ4v) is 2.91. The first kappa shape index (κ1) is 13.4. The lowest BCUT2D eigenvalue weighted by atomic mass is 9.91. The largest absolute Gasteiger partial charge is 0.399 e. The number of nitrogens with zero attached hydrogens (tertiary/aromatic N) is 1. The minimum absolute atomic E-state index is 0.702. The van der Waals surface area contributed by atoms with E-state index in [-0.39, 0.29) is 0 Å². The molecule has 18 heavy (non-hydrogen) atoms. The Bertz CT molecular complexity index is 400. The molecule has 0 spiro atoms. The van der Waals surface area contributed by atoms with Gasteiger partial charge >= 0.3 is 0 Å². The van der Waals surface area contributed by atoms with E-state index in [1.807, 2.05) is 6.07 Å². The molecule has 100 valence electrons. The van der Waals surface area contributed by atoms with E-state index in [9.17, 15) is 0 Å². The Morgan fingerprint density at radius 1 is 1.33 bits per heavy atom. The number of likely N-dealkylation sites (tertiary alicyclic amines) is 1. The molecule has 2 atom stereocenters. The van der Waals surface area contributed by atoms with Gasteiger partial charge in [-0.05, 0) is 49.8 Å². The molecule has 1 heterocycles. The lowest BCUT2D eigenvalue weighted by molar-refractivity contribution is 0.108. The van der Waals surface area contributed by atoms with Crippen LogP contribution in [0.15, 0.2) is 18.2 Å². The van der Waals surface area contributed by atoms with E-state index in [0.29, 0.717) is 6.04 Å². The van der Waals surface area contributed by atoms with Crippen molar-refractivity contribution < 1.29 is 0 Å². The zero-order valence-corrected chi connectivity index (χ0v) is 11.9. The molecule has 0 radical (unpaired) electrons. The SMILES string of the molecule is CCC1CCC(C)N(Cc2cccc(N)c2C)C1. The van der Waals surface area contributed by atoms with E-state index >= 15 is 0 Å². The predicted octanol–water partition coefficient (Wildman–Crippen LogP) is 3.59. The highest BCUT2D eigenvalue weighted by molar-refractivity contribution is 5.49. The topological polar surface area (TPSA) is 29.3 Å². The highest BCUT2D eigenvalue weighted by atomic mass is 15.2. The molecule has 2 nitrogen and oxygen atoms in total. The molecular weight excluding hydrogens is 220 g/mol. The quantitative estimate of drug-likeness (QED) is 0.826. The number of hydrogen-bond donors (Lipinski definition) is 1. The molecule has 2 heteroatoms. The van der Waals surface area contributed by atoms with Gasteiger partial charge in [-0.3, -0.25) is 4.90 Å². The highest BCUT2D eigenvalue weighted by Crippen LogP contribution is 2.27. The van der Waals surface area contributed by atoms with Crippen molar-refractivity contribution >= 4 is 5.69 Å². The van der Waals surface area contributed by atoms with Crippen molar-refractivity contribution in [3.63, 3.8) is 0 Å². The summed E-state index contributed by atoms with van der Waals surface area (Å²) in [4.78, 5) is 2.62. The highest BCUT2D eigenvalue weighted by Gasteiger charge is 2.24. The molecule has 1 aromatic carbocycles. The fraction of sp³-hybridized carbons (Fsp3) is 0.625. The van der Waals surface area contributed by atoms with Crippen LogP contribution in [0, 0.1) is 12.8 Å². The number of benzene rings is 1. The molecule has 1 saturated heterocycles. The first-order valence-corrected chi connectivity index (χ1v) is 7.19.